The average Bonchev–Trinajstić information content (AvgIpc) is 2.96. The number of ether oxygens (including phenoxy) is 1. The molecule has 0 saturated carbocycles. The first-order valence-electron chi connectivity index (χ1n) is 9.88. The number of allylic oxidation sites excluding steroid dienone is 1. The lowest BCUT2D eigenvalue weighted by molar-refractivity contribution is -0.0228. The Labute approximate surface area is 202 Å². The lowest BCUT2D eigenvalue weighted by Crippen LogP contribution is -2.38. The van der Waals surface area contributed by atoms with Gasteiger partial charge < -0.3 is 34.5 Å². The van der Waals surface area contributed by atoms with Gasteiger partial charge in [-0.05, 0) is 13.8 Å². The standard InChI is InChI=1S/C15H26N3O15P3/c1-8(2)3-4-16-7-18-5-9(14(21)17-15(18)22)13-12(20)11(19)10(31-13)6-30-35(26,27)33-36(28,29)32-34(23,24)25/h3,5,10-13,16,19-20H,4,6-7H2,1-2H3,(H,26,27)(H,28,29)(H,17,21,22)(H2,23,24,25)/t10-,11?,12?,13+/m1/s1. The van der Waals surface area contributed by atoms with Crippen LogP contribution in [0.25, 0.3) is 0 Å². The first-order valence-corrected chi connectivity index (χ1v) is 14.4. The highest BCUT2D eigenvalue weighted by Gasteiger charge is 2.47. The highest BCUT2D eigenvalue weighted by Crippen LogP contribution is 2.66. The van der Waals surface area contributed by atoms with E-state index in [4.69, 9.17) is 19.4 Å². The molecule has 206 valence electrons. The van der Waals surface area contributed by atoms with Crippen LogP contribution in [0.1, 0.15) is 25.5 Å². The van der Waals surface area contributed by atoms with Crippen molar-refractivity contribution >= 4 is 23.5 Å². The normalized spacial score (nSPS) is 25.8. The van der Waals surface area contributed by atoms with Gasteiger partial charge in [0.05, 0.1) is 18.8 Å². The number of phosphoric acid groups is 3. The molecule has 2 heterocycles. The number of hydrogen-bond acceptors (Lipinski definition) is 12. The van der Waals surface area contributed by atoms with Crippen molar-refractivity contribution in [1.29, 1.82) is 0 Å². The smallest absolute Gasteiger partial charge is 0.387 e. The summed E-state index contributed by atoms with van der Waals surface area (Å²) in [4.78, 5) is 62.1. The molecule has 1 fully saturated rings. The first kappa shape index (κ1) is 30.9. The first-order chi connectivity index (χ1) is 16.4. The number of rotatable bonds is 12. The van der Waals surface area contributed by atoms with Gasteiger partial charge in [-0.25, -0.2) is 18.5 Å². The van der Waals surface area contributed by atoms with Crippen LogP contribution in [-0.2, 0) is 38.2 Å². The summed E-state index contributed by atoms with van der Waals surface area (Å²) in [5.74, 6) is 0. The molecular formula is C15H26N3O15P3. The zero-order valence-electron chi connectivity index (χ0n) is 18.7. The fourth-order valence-electron chi connectivity index (χ4n) is 2.92. The molecule has 0 aromatic carbocycles. The molecule has 1 aromatic heterocycles. The van der Waals surface area contributed by atoms with Crippen LogP contribution in [0.3, 0.4) is 0 Å². The van der Waals surface area contributed by atoms with Crippen LogP contribution in [0.15, 0.2) is 27.4 Å². The van der Waals surface area contributed by atoms with Gasteiger partial charge in [0.1, 0.15) is 24.4 Å². The summed E-state index contributed by atoms with van der Waals surface area (Å²) in [6.07, 6.45) is -3.77. The quantitative estimate of drug-likeness (QED) is 0.0796. The second-order valence-corrected chi connectivity index (χ2v) is 12.1. The highest BCUT2D eigenvalue weighted by molar-refractivity contribution is 7.66. The van der Waals surface area contributed by atoms with Gasteiger partial charge in [-0.2, -0.15) is 8.62 Å². The second-order valence-electron chi connectivity index (χ2n) is 7.67. The molecule has 1 aliphatic rings. The Morgan fingerprint density at radius 1 is 1.11 bits per heavy atom. The SMILES string of the molecule is CC(C)=CCNCn1cc([C@@H]2O[C@H](COP(=O)(O)OP(=O)(O)OP(=O)(O)O)C(O)C2O)c(=O)[nH]c1=O. The summed E-state index contributed by atoms with van der Waals surface area (Å²) in [6.45, 7) is 3.06. The zero-order valence-corrected chi connectivity index (χ0v) is 21.4. The maximum atomic E-state index is 12.3. The minimum atomic E-state index is -5.76. The number of aromatic amines is 1. The van der Waals surface area contributed by atoms with Crippen LogP contribution in [0.4, 0.5) is 0 Å². The second kappa shape index (κ2) is 12.0. The van der Waals surface area contributed by atoms with Gasteiger partial charge in [-0.15, -0.1) is 0 Å². The van der Waals surface area contributed by atoms with Gasteiger partial charge in [0, 0.05) is 12.7 Å². The van der Waals surface area contributed by atoms with Gasteiger partial charge in [-0.1, -0.05) is 11.6 Å². The van der Waals surface area contributed by atoms with E-state index < -0.39 is 65.7 Å². The number of nitrogens with one attached hydrogen (secondary N) is 2. The average molecular weight is 581 g/mol. The van der Waals surface area contributed by atoms with E-state index in [-0.39, 0.29) is 12.2 Å². The summed E-state index contributed by atoms with van der Waals surface area (Å²) < 4.78 is 51.8. The zero-order chi connectivity index (χ0) is 27.5. The van der Waals surface area contributed by atoms with Crippen molar-refractivity contribution in [2.24, 2.45) is 0 Å². The van der Waals surface area contributed by atoms with Crippen molar-refractivity contribution in [3.05, 3.63) is 44.2 Å². The molecule has 0 radical (unpaired) electrons. The maximum absolute atomic E-state index is 12.3. The fourth-order valence-corrected chi connectivity index (χ4v) is 5.95. The molecule has 2 rings (SSSR count). The Balaban J connectivity index is 2.12. The molecule has 0 aliphatic carbocycles. The van der Waals surface area contributed by atoms with Crippen molar-refractivity contribution in [3.63, 3.8) is 0 Å². The van der Waals surface area contributed by atoms with E-state index in [0.29, 0.717) is 6.54 Å². The summed E-state index contributed by atoms with van der Waals surface area (Å²) in [6, 6.07) is 0. The predicted octanol–water partition coefficient (Wildman–Crippen LogP) is -1.45. The summed E-state index contributed by atoms with van der Waals surface area (Å²) in [7, 11) is -16.9. The predicted molar refractivity (Wildman–Crippen MR) is 118 cm³/mol. The Bertz CT molecular complexity index is 1220. The van der Waals surface area contributed by atoms with Gasteiger partial charge in [-0.3, -0.25) is 24.2 Å². The molecule has 1 saturated heterocycles. The van der Waals surface area contributed by atoms with Crippen molar-refractivity contribution in [2.45, 2.75) is 44.9 Å². The fraction of sp³-hybridized carbons (Fsp3) is 0.600. The summed E-state index contributed by atoms with van der Waals surface area (Å²) in [5.41, 5.74) is -0.960. The summed E-state index contributed by atoms with van der Waals surface area (Å²) >= 11 is 0. The Morgan fingerprint density at radius 2 is 1.75 bits per heavy atom. The largest absolute Gasteiger partial charge is 0.490 e. The maximum Gasteiger partial charge on any atom is 0.490 e. The number of aliphatic hydroxyl groups excluding tert-OH is 2. The number of phosphoric ester groups is 1. The molecule has 4 unspecified atom stereocenters. The van der Waals surface area contributed by atoms with Gasteiger partial charge in [0.25, 0.3) is 5.56 Å². The van der Waals surface area contributed by atoms with E-state index in [2.05, 4.69) is 18.5 Å². The third kappa shape index (κ3) is 9.20. The van der Waals surface area contributed by atoms with Gasteiger partial charge in [0.15, 0.2) is 0 Å². The molecule has 1 aliphatic heterocycles. The number of aliphatic hydroxyl groups is 2. The van der Waals surface area contributed by atoms with Crippen LogP contribution >= 0.6 is 23.5 Å². The van der Waals surface area contributed by atoms with Gasteiger partial charge in [0.2, 0.25) is 0 Å². The number of aromatic nitrogens is 2. The Morgan fingerprint density at radius 3 is 2.33 bits per heavy atom. The molecule has 8 N–H and O–H groups in total. The molecule has 6 atom stereocenters. The van der Waals surface area contributed by atoms with Crippen LogP contribution in [0.2, 0.25) is 0 Å². The van der Waals surface area contributed by atoms with E-state index in [1.807, 2.05) is 24.9 Å². The lowest BCUT2D eigenvalue weighted by Gasteiger charge is -2.19. The molecule has 0 amide bonds. The van der Waals surface area contributed by atoms with Gasteiger partial charge >= 0.3 is 29.2 Å². The van der Waals surface area contributed by atoms with E-state index >= 15 is 0 Å². The molecule has 0 bridgehead atoms. The van der Waals surface area contributed by atoms with E-state index in [1.165, 1.54) is 0 Å². The monoisotopic (exact) mass is 581 g/mol. The van der Waals surface area contributed by atoms with Crippen molar-refractivity contribution in [2.75, 3.05) is 13.2 Å². The van der Waals surface area contributed by atoms with Crippen LogP contribution in [0, 0.1) is 0 Å². The lowest BCUT2D eigenvalue weighted by atomic mass is 10.0. The van der Waals surface area contributed by atoms with Crippen LogP contribution in [0.5, 0.6) is 0 Å². The molecule has 21 heteroatoms. The number of hydrogen-bond donors (Lipinski definition) is 8. The van der Waals surface area contributed by atoms with Crippen LogP contribution < -0.4 is 16.6 Å². The molecule has 0 spiro atoms. The van der Waals surface area contributed by atoms with Crippen molar-refractivity contribution in [3.8, 4) is 0 Å². The number of H-pyrrole nitrogens is 1. The molecule has 18 nitrogen and oxygen atoms in total. The van der Waals surface area contributed by atoms with E-state index in [0.717, 1.165) is 16.3 Å². The van der Waals surface area contributed by atoms with Crippen LogP contribution in [-0.4, -0.2) is 70.8 Å². The summed E-state index contributed by atoms with van der Waals surface area (Å²) in [5, 5.41) is 23.5. The van der Waals surface area contributed by atoms with E-state index in [1.54, 1.807) is 0 Å². The number of nitrogens with zero attached hydrogens (tertiary/aromatic N) is 1. The Hall–Kier alpha value is -1.33. The highest BCUT2D eigenvalue weighted by atomic mass is 31.3. The minimum Gasteiger partial charge on any atom is -0.387 e. The minimum absolute atomic E-state index is 0.0345. The molecule has 36 heavy (non-hydrogen) atoms. The third-order valence-corrected chi connectivity index (χ3v) is 8.26. The van der Waals surface area contributed by atoms with E-state index in [9.17, 15) is 38.4 Å². The van der Waals surface area contributed by atoms with Crippen molar-refractivity contribution < 1.29 is 61.4 Å². The van der Waals surface area contributed by atoms with Crippen molar-refractivity contribution in [1.82, 2.24) is 14.9 Å². The topological polar surface area (TPSA) is 276 Å². The molecular weight excluding hydrogens is 555 g/mol. The third-order valence-electron chi connectivity index (χ3n) is 4.46. The molecule has 1 aromatic rings. The Kier molecular flexibility index (Phi) is 10.3.